The van der Waals surface area contributed by atoms with E-state index in [1.165, 1.54) is 12.8 Å². The Morgan fingerprint density at radius 1 is 1.48 bits per heavy atom. The highest BCUT2D eigenvalue weighted by Crippen LogP contribution is 2.23. The van der Waals surface area contributed by atoms with E-state index in [0.29, 0.717) is 23.9 Å². The van der Waals surface area contributed by atoms with Crippen LogP contribution >= 0.6 is 0 Å². The minimum Gasteiger partial charge on any atom is -0.473 e. The van der Waals surface area contributed by atoms with Crippen LogP contribution in [0.15, 0.2) is 18.3 Å². The predicted molar refractivity (Wildman–Crippen MR) is 83.5 cm³/mol. The van der Waals surface area contributed by atoms with Gasteiger partial charge in [0.15, 0.2) is 0 Å². The van der Waals surface area contributed by atoms with Crippen molar-refractivity contribution < 1.29 is 9.53 Å². The molecule has 1 amide bonds. The molecule has 5 heteroatoms. The lowest BCUT2D eigenvalue weighted by atomic mass is 9.93. The molecular formula is C16H25N3O2. The number of pyridine rings is 1. The van der Waals surface area contributed by atoms with E-state index >= 15 is 0 Å². The Hall–Kier alpha value is -1.62. The van der Waals surface area contributed by atoms with Crippen LogP contribution in [-0.4, -0.2) is 30.1 Å². The largest absolute Gasteiger partial charge is 0.473 e. The third-order valence-electron chi connectivity index (χ3n) is 3.63. The third-order valence-corrected chi connectivity index (χ3v) is 3.63. The summed E-state index contributed by atoms with van der Waals surface area (Å²) in [6.45, 7) is 6.03. The van der Waals surface area contributed by atoms with E-state index in [-0.39, 0.29) is 12.0 Å². The van der Waals surface area contributed by atoms with Crippen LogP contribution in [0, 0.1) is 5.92 Å². The van der Waals surface area contributed by atoms with Gasteiger partial charge in [0.05, 0.1) is 6.10 Å². The van der Waals surface area contributed by atoms with Gasteiger partial charge in [-0.3, -0.25) is 4.79 Å². The van der Waals surface area contributed by atoms with E-state index in [4.69, 9.17) is 4.74 Å². The predicted octanol–water partition coefficient (Wildman–Crippen LogP) is 2.59. The van der Waals surface area contributed by atoms with Gasteiger partial charge in [0.1, 0.15) is 5.69 Å². The smallest absolute Gasteiger partial charge is 0.238 e. The molecule has 0 unspecified atom stereocenters. The first-order valence-corrected chi connectivity index (χ1v) is 7.77. The van der Waals surface area contributed by atoms with Crippen LogP contribution in [-0.2, 0) is 4.79 Å². The lowest BCUT2D eigenvalue weighted by Gasteiger charge is -2.22. The maximum absolute atomic E-state index is 12.1. The molecule has 0 aliphatic carbocycles. The lowest BCUT2D eigenvalue weighted by molar-refractivity contribution is -0.116. The minimum atomic E-state index is 0.0327. The van der Waals surface area contributed by atoms with E-state index in [9.17, 15) is 4.79 Å². The number of hydrogen-bond acceptors (Lipinski definition) is 4. The Balaban J connectivity index is 1.84. The van der Waals surface area contributed by atoms with Crippen molar-refractivity contribution in [2.45, 2.75) is 45.6 Å². The van der Waals surface area contributed by atoms with Crippen LogP contribution in [0.1, 0.15) is 39.5 Å². The van der Waals surface area contributed by atoms with Gasteiger partial charge in [0, 0.05) is 12.6 Å². The van der Waals surface area contributed by atoms with Crippen LogP contribution in [0.5, 0.6) is 5.88 Å². The van der Waals surface area contributed by atoms with E-state index in [1.807, 2.05) is 19.9 Å². The molecule has 0 bridgehead atoms. The third kappa shape index (κ3) is 5.34. The van der Waals surface area contributed by atoms with E-state index in [2.05, 4.69) is 15.6 Å². The van der Waals surface area contributed by atoms with Crippen molar-refractivity contribution in [2.24, 2.45) is 5.92 Å². The van der Waals surface area contributed by atoms with E-state index in [1.54, 1.807) is 12.3 Å². The molecule has 5 nitrogen and oxygen atoms in total. The lowest BCUT2D eigenvalue weighted by Crippen LogP contribution is -2.28. The summed E-state index contributed by atoms with van der Waals surface area (Å²) in [7, 11) is 0. The molecule has 0 atom stereocenters. The van der Waals surface area contributed by atoms with Gasteiger partial charge < -0.3 is 15.4 Å². The summed E-state index contributed by atoms with van der Waals surface area (Å²) in [5, 5.41) is 6.26. The zero-order valence-electron chi connectivity index (χ0n) is 12.9. The highest BCUT2D eigenvalue weighted by Gasteiger charge is 2.15. The number of anilines is 1. The number of ether oxygens (including phenoxy) is 1. The summed E-state index contributed by atoms with van der Waals surface area (Å²) >= 11 is 0. The fourth-order valence-corrected chi connectivity index (χ4v) is 2.52. The molecule has 1 aliphatic rings. The van der Waals surface area contributed by atoms with Crippen LogP contribution in [0.4, 0.5) is 5.69 Å². The van der Waals surface area contributed by atoms with Crippen molar-refractivity contribution in [3.05, 3.63) is 18.3 Å². The van der Waals surface area contributed by atoms with Crippen molar-refractivity contribution in [3.8, 4) is 5.88 Å². The highest BCUT2D eigenvalue weighted by atomic mass is 16.5. The molecule has 1 saturated heterocycles. The topological polar surface area (TPSA) is 63.2 Å². The fraction of sp³-hybridized carbons (Fsp3) is 0.625. The first-order valence-electron chi connectivity index (χ1n) is 7.77. The molecule has 0 saturated carbocycles. The Morgan fingerprint density at radius 2 is 2.24 bits per heavy atom. The summed E-state index contributed by atoms with van der Waals surface area (Å²) in [5.41, 5.74) is 0.654. The molecule has 0 spiro atoms. The first kappa shape index (κ1) is 15.8. The van der Waals surface area contributed by atoms with Crippen LogP contribution in [0.2, 0.25) is 0 Å². The normalized spacial score (nSPS) is 16.0. The van der Waals surface area contributed by atoms with Gasteiger partial charge in [-0.15, -0.1) is 0 Å². The summed E-state index contributed by atoms with van der Waals surface area (Å²) in [4.78, 5) is 16.3. The second kappa shape index (κ2) is 7.98. The van der Waals surface area contributed by atoms with Gasteiger partial charge >= 0.3 is 0 Å². The van der Waals surface area contributed by atoms with Crippen molar-refractivity contribution >= 4 is 11.6 Å². The first-order chi connectivity index (χ1) is 10.1. The molecule has 2 heterocycles. The van der Waals surface area contributed by atoms with Gasteiger partial charge in [-0.25, -0.2) is 4.98 Å². The van der Waals surface area contributed by atoms with Crippen molar-refractivity contribution in [1.82, 2.24) is 10.3 Å². The van der Waals surface area contributed by atoms with Gasteiger partial charge in [-0.2, -0.15) is 0 Å². The number of nitrogens with zero attached hydrogens (tertiary/aromatic N) is 1. The number of aromatic nitrogens is 1. The number of rotatable bonds is 6. The Morgan fingerprint density at radius 3 is 2.95 bits per heavy atom. The molecule has 21 heavy (non-hydrogen) atoms. The van der Waals surface area contributed by atoms with Crippen molar-refractivity contribution in [1.29, 1.82) is 0 Å². The number of carbonyl (C=O) groups is 1. The maximum atomic E-state index is 12.1. The summed E-state index contributed by atoms with van der Waals surface area (Å²) in [6, 6.07) is 3.63. The molecule has 1 aromatic rings. The van der Waals surface area contributed by atoms with Crippen molar-refractivity contribution in [3.63, 3.8) is 0 Å². The zero-order valence-corrected chi connectivity index (χ0v) is 12.9. The zero-order chi connectivity index (χ0) is 15.1. The SMILES string of the molecule is CC(C)Oc1ncccc1NC(=O)CCC1CCNCC1. The van der Waals surface area contributed by atoms with Gasteiger partial charge in [-0.05, 0) is 64.3 Å². The monoisotopic (exact) mass is 291 g/mol. The second-order valence-corrected chi connectivity index (χ2v) is 5.80. The second-order valence-electron chi connectivity index (χ2n) is 5.80. The Labute approximate surface area is 126 Å². The molecule has 116 valence electrons. The average Bonchev–Trinajstić information content (AvgIpc) is 2.48. The molecule has 1 fully saturated rings. The molecule has 0 aromatic carbocycles. The number of amides is 1. The molecule has 1 aromatic heterocycles. The summed E-state index contributed by atoms with van der Waals surface area (Å²) in [6.07, 6.45) is 5.55. The number of piperidine rings is 1. The Bertz CT molecular complexity index is 457. The molecule has 0 radical (unpaired) electrons. The number of nitrogens with one attached hydrogen (secondary N) is 2. The van der Waals surface area contributed by atoms with E-state index in [0.717, 1.165) is 19.5 Å². The molecule has 2 N–H and O–H groups in total. The number of carbonyl (C=O) groups excluding carboxylic acids is 1. The molecular weight excluding hydrogens is 266 g/mol. The molecule has 1 aliphatic heterocycles. The van der Waals surface area contributed by atoms with Crippen molar-refractivity contribution in [2.75, 3.05) is 18.4 Å². The maximum Gasteiger partial charge on any atom is 0.238 e. The number of hydrogen-bond donors (Lipinski definition) is 2. The van der Waals surface area contributed by atoms with Crippen LogP contribution in [0.25, 0.3) is 0 Å². The van der Waals surface area contributed by atoms with Crippen LogP contribution in [0.3, 0.4) is 0 Å². The summed E-state index contributed by atoms with van der Waals surface area (Å²) in [5.74, 6) is 1.19. The Kier molecular flexibility index (Phi) is 5.99. The van der Waals surface area contributed by atoms with Gasteiger partial charge in [0.25, 0.3) is 0 Å². The van der Waals surface area contributed by atoms with Gasteiger partial charge in [-0.1, -0.05) is 0 Å². The average molecular weight is 291 g/mol. The summed E-state index contributed by atoms with van der Waals surface area (Å²) < 4.78 is 5.61. The molecule has 2 rings (SSSR count). The van der Waals surface area contributed by atoms with Gasteiger partial charge in [0.2, 0.25) is 11.8 Å². The fourth-order valence-electron chi connectivity index (χ4n) is 2.52. The quantitative estimate of drug-likeness (QED) is 0.845. The van der Waals surface area contributed by atoms with E-state index < -0.39 is 0 Å². The van der Waals surface area contributed by atoms with Crippen LogP contribution < -0.4 is 15.4 Å². The highest BCUT2D eigenvalue weighted by molar-refractivity contribution is 5.91. The minimum absolute atomic E-state index is 0.0327. The standard InChI is InChI=1S/C16H25N3O2/c1-12(2)21-16-14(4-3-9-18-16)19-15(20)6-5-13-7-10-17-11-8-13/h3-4,9,12-13,17H,5-8,10-11H2,1-2H3,(H,19,20).